The van der Waals surface area contributed by atoms with Crippen molar-refractivity contribution in [2.75, 3.05) is 26.4 Å². The fourth-order valence-corrected chi connectivity index (χ4v) is 8.66. The first kappa shape index (κ1) is 32.4. The van der Waals surface area contributed by atoms with Crippen molar-refractivity contribution in [1.29, 1.82) is 0 Å². The monoisotopic (exact) mass is 748 g/mol. The zero-order chi connectivity index (χ0) is 33.2. The Kier molecular flexibility index (Phi) is 8.46. The maximum atomic E-state index is 16.2. The van der Waals surface area contributed by atoms with Crippen molar-refractivity contribution in [2.24, 2.45) is 0 Å². The van der Waals surface area contributed by atoms with Crippen molar-refractivity contribution in [3.63, 3.8) is 0 Å². The molecule has 24 heteroatoms. The minimum atomic E-state index is -4.40. The van der Waals surface area contributed by atoms with E-state index in [4.69, 9.17) is 37.0 Å². The SMILES string of the molecule is O=[P@@]1(S)OCC2O[C@@H]3[C@H](F)[C@@H]2O[P@](=O)(S)OC[C@H]2OC([C@H](F)[C@@H]2O1)n1cnc2c(ncnc21)OC/C=C/COc1ncnc2c1ncn23. The first-order valence-corrected chi connectivity index (χ1v) is 19.6. The molecule has 0 amide bonds. The van der Waals surface area contributed by atoms with Crippen molar-refractivity contribution < 1.29 is 55.0 Å². The van der Waals surface area contributed by atoms with Gasteiger partial charge in [0.25, 0.3) is 0 Å². The van der Waals surface area contributed by atoms with Crippen LogP contribution in [0.2, 0.25) is 0 Å². The minimum absolute atomic E-state index is 0.0550. The Hall–Kier alpha value is -2.78. The van der Waals surface area contributed by atoms with E-state index in [0.29, 0.717) is 0 Å². The van der Waals surface area contributed by atoms with Crippen molar-refractivity contribution >= 4 is 60.4 Å². The lowest BCUT2D eigenvalue weighted by atomic mass is 10.1. The molecule has 0 aromatic carbocycles. The number of alkyl halides is 2. The average molecular weight is 749 g/mol. The normalized spacial score (nSPS) is 38.0. The van der Waals surface area contributed by atoms with E-state index in [1.165, 1.54) is 34.4 Å². The van der Waals surface area contributed by atoms with Gasteiger partial charge in [-0.2, -0.15) is 9.97 Å². The van der Waals surface area contributed by atoms with Crippen LogP contribution >= 0.6 is 38.1 Å². The number of hydrogen-bond donors (Lipinski definition) is 2. The summed E-state index contributed by atoms with van der Waals surface area (Å²) in [6.45, 7) is -9.99. The summed E-state index contributed by atoms with van der Waals surface area (Å²) in [5.41, 5.74) is 0.664. The molecule has 0 aliphatic carbocycles. The van der Waals surface area contributed by atoms with E-state index in [9.17, 15) is 9.13 Å². The Labute approximate surface area is 278 Å². The Morgan fingerprint density at radius 2 is 1.12 bits per heavy atom. The molecular weight excluding hydrogens is 724 g/mol. The number of ether oxygens (including phenoxy) is 4. The first-order valence-electron chi connectivity index (χ1n) is 14.2. The van der Waals surface area contributed by atoms with Crippen molar-refractivity contribution in [2.45, 2.75) is 49.2 Å². The summed E-state index contributed by atoms with van der Waals surface area (Å²) >= 11 is 8.07. The van der Waals surface area contributed by atoms with Crippen molar-refractivity contribution in [1.82, 2.24) is 39.0 Å². The van der Waals surface area contributed by atoms with Gasteiger partial charge in [0.15, 0.2) is 47.1 Å². The predicted molar refractivity (Wildman–Crippen MR) is 163 cm³/mol. The van der Waals surface area contributed by atoms with E-state index < -0.39 is 76.0 Å². The van der Waals surface area contributed by atoms with E-state index in [2.05, 4.69) is 54.4 Å². The Morgan fingerprint density at radius 3 is 1.56 bits per heavy atom. The summed E-state index contributed by atoms with van der Waals surface area (Å²) in [6.07, 6.45) is -4.72. The fraction of sp³-hybridized carbons (Fsp3) is 0.500. The Balaban J connectivity index is 1.21. The highest BCUT2D eigenvalue weighted by Crippen LogP contribution is 2.60. The second-order valence-electron chi connectivity index (χ2n) is 10.8. The summed E-state index contributed by atoms with van der Waals surface area (Å²) in [4.78, 5) is 25.2. The molecule has 5 aliphatic heterocycles. The number of imidazole rings is 2. The van der Waals surface area contributed by atoms with Crippen molar-refractivity contribution in [3.8, 4) is 11.8 Å². The molecule has 3 fully saturated rings. The van der Waals surface area contributed by atoms with Crippen LogP contribution in [-0.4, -0.2) is 102 Å². The van der Waals surface area contributed by atoms with Gasteiger partial charge < -0.3 is 18.9 Å². The van der Waals surface area contributed by atoms with Crippen LogP contribution in [-0.2, 0) is 36.7 Å². The maximum Gasteiger partial charge on any atom is 0.386 e. The first-order chi connectivity index (χ1) is 23.1. The number of fused-ring (bicyclic) bond motifs is 10. The lowest BCUT2D eigenvalue weighted by Gasteiger charge is -2.28. The Bertz CT molecular complexity index is 1860. The zero-order valence-electron chi connectivity index (χ0n) is 24.1. The number of rotatable bonds is 0. The highest BCUT2D eigenvalue weighted by atomic mass is 32.7. The van der Waals surface area contributed by atoms with Gasteiger partial charge in [-0.05, 0) is 12.2 Å². The third-order valence-electron chi connectivity index (χ3n) is 7.85. The standard InChI is InChI=1S/C24H24F2N8O10P2S2/c25-13-17-11-5-39-46(36,48)44-18-12(6-40-45(35,47)43-17)42-24(14(18)26)34-10-32-16-20(34)28-8-30-22(16)38-4-2-1-3-37-21-15-19(27-7-29-21)33(9-31-15)23(13)41-11/h1-2,7-14,17-18,23-24H,3-6H2,(H,35,47)(H,36,48)/b2-1+/t11-,12?,13-,14-,17-,18-,23?,24-,45-,46-/m1/s1. The quantitative estimate of drug-likeness (QED) is 0.151. The number of nitrogens with zero attached hydrogens (tertiary/aromatic N) is 8. The molecule has 0 spiro atoms. The molecule has 0 saturated carbocycles. The van der Waals surface area contributed by atoms with Crippen LogP contribution in [0.1, 0.15) is 12.5 Å². The van der Waals surface area contributed by atoms with E-state index in [-0.39, 0.29) is 47.3 Å². The van der Waals surface area contributed by atoms with Crippen LogP contribution in [0.25, 0.3) is 22.3 Å². The van der Waals surface area contributed by atoms with Crippen LogP contribution in [0, 0.1) is 0 Å². The fourth-order valence-electron chi connectivity index (χ4n) is 5.69. The van der Waals surface area contributed by atoms with Gasteiger partial charge in [-0.1, -0.05) is 24.5 Å². The zero-order valence-corrected chi connectivity index (χ0v) is 27.7. The molecule has 9 rings (SSSR count). The smallest absolute Gasteiger partial charge is 0.386 e. The molecule has 0 N–H and O–H groups in total. The third-order valence-corrected chi connectivity index (χ3v) is 11.1. The van der Waals surface area contributed by atoms with Crippen LogP contribution in [0.3, 0.4) is 0 Å². The van der Waals surface area contributed by atoms with Crippen molar-refractivity contribution in [3.05, 3.63) is 37.5 Å². The second kappa shape index (κ2) is 12.5. The Morgan fingerprint density at radius 1 is 0.688 bits per heavy atom. The van der Waals surface area contributed by atoms with E-state index in [1.54, 1.807) is 12.2 Å². The minimum Gasteiger partial charge on any atom is -0.472 e. The molecule has 14 bridgehead atoms. The molecule has 256 valence electrons. The van der Waals surface area contributed by atoms with Gasteiger partial charge in [0, 0.05) is 0 Å². The largest absolute Gasteiger partial charge is 0.472 e. The van der Waals surface area contributed by atoms with E-state index in [0.717, 1.165) is 0 Å². The summed E-state index contributed by atoms with van der Waals surface area (Å²) in [5, 5.41) is 0. The molecule has 18 nitrogen and oxygen atoms in total. The van der Waals surface area contributed by atoms with Gasteiger partial charge in [-0.3, -0.25) is 27.2 Å². The number of thiol groups is 2. The summed E-state index contributed by atoms with van der Waals surface area (Å²) in [7, 11) is 0. The van der Waals surface area contributed by atoms with Crippen LogP contribution in [0.4, 0.5) is 8.78 Å². The molecule has 48 heavy (non-hydrogen) atoms. The predicted octanol–water partition coefficient (Wildman–Crippen LogP) is 3.36. The summed E-state index contributed by atoms with van der Waals surface area (Å²) in [6, 6.07) is 0. The molecule has 10 atom stereocenters. The van der Waals surface area contributed by atoms with Crippen LogP contribution in [0.15, 0.2) is 37.5 Å². The number of halogens is 2. The molecule has 3 saturated heterocycles. The van der Waals surface area contributed by atoms with Gasteiger partial charge >= 0.3 is 13.6 Å². The second-order valence-corrected chi connectivity index (χ2v) is 16.5. The topological polar surface area (TPSA) is 195 Å². The highest BCUT2D eigenvalue weighted by Gasteiger charge is 2.54. The van der Waals surface area contributed by atoms with E-state index >= 15 is 8.78 Å². The van der Waals surface area contributed by atoms with Gasteiger partial charge in [-0.25, -0.2) is 37.8 Å². The molecule has 9 heterocycles. The number of aromatic nitrogens is 8. The summed E-state index contributed by atoms with van der Waals surface area (Å²) in [5.74, 6) is 0.202. The van der Waals surface area contributed by atoms with Gasteiger partial charge in [0.2, 0.25) is 11.8 Å². The van der Waals surface area contributed by atoms with Gasteiger partial charge in [0.1, 0.15) is 50.3 Å². The molecule has 2 unspecified atom stereocenters. The molecular formula is C24H24F2N8O10P2S2. The molecule has 5 aliphatic rings. The third kappa shape index (κ3) is 5.91. The maximum absolute atomic E-state index is 16.2. The highest BCUT2D eigenvalue weighted by molar-refractivity contribution is 8.44. The van der Waals surface area contributed by atoms with E-state index in [1.807, 2.05) is 0 Å². The van der Waals surface area contributed by atoms with Crippen LogP contribution in [0.5, 0.6) is 11.8 Å². The lowest BCUT2D eigenvalue weighted by molar-refractivity contribution is -0.0544. The lowest BCUT2D eigenvalue weighted by Crippen LogP contribution is -2.36. The van der Waals surface area contributed by atoms with Crippen LogP contribution < -0.4 is 9.47 Å². The number of hydrogen-bond acceptors (Lipinski definition) is 16. The average Bonchev–Trinajstić information content (AvgIpc) is 3.81. The van der Waals surface area contributed by atoms with Gasteiger partial charge in [-0.15, -0.1) is 0 Å². The molecule has 4 aromatic heterocycles. The molecule has 4 aromatic rings. The molecule has 0 radical (unpaired) electrons. The summed E-state index contributed by atoms with van der Waals surface area (Å²) < 4.78 is 107. The van der Waals surface area contributed by atoms with Gasteiger partial charge in [0.05, 0.1) is 25.9 Å².